The zero-order valence-corrected chi connectivity index (χ0v) is 29.7. The van der Waals surface area contributed by atoms with E-state index in [2.05, 4.69) is 22.9 Å². The molecule has 3 rings (SSSR count). The van der Waals surface area contributed by atoms with E-state index < -0.39 is 16.9 Å². The van der Waals surface area contributed by atoms with Crippen LogP contribution in [0.3, 0.4) is 0 Å². The van der Waals surface area contributed by atoms with Gasteiger partial charge >= 0.3 is 0 Å². The maximum atomic E-state index is 13.1. The quantitative estimate of drug-likeness (QED) is 0.0704. The number of non-ortho nitro benzene ring substituents is 1. The van der Waals surface area contributed by atoms with Crippen LogP contribution in [0.5, 0.6) is 5.75 Å². The van der Waals surface area contributed by atoms with Gasteiger partial charge in [0.2, 0.25) is 23.7 Å². The molecule has 2 aromatic carbocycles. The number of fused-ring (bicyclic) bond motifs is 1. The van der Waals surface area contributed by atoms with E-state index >= 15 is 0 Å². The molecule has 1 aliphatic heterocycles. The van der Waals surface area contributed by atoms with Crippen LogP contribution in [-0.4, -0.2) is 95.0 Å². The average Bonchev–Trinajstić information content (AvgIpc) is 3.10. The number of rotatable bonds is 24. The van der Waals surface area contributed by atoms with Crippen molar-refractivity contribution in [3.05, 3.63) is 57.6 Å². The molecule has 3 amide bonds. The van der Waals surface area contributed by atoms with E-state index in [0.29, 0.717) is 68.0 Å². The molecule has 0 saturated heterocycles. The van der Waals surface area contributed by atoms with Gasteiger partial charge in [-0.05, 0) is 43.5 Å². The van der Waals surface area contributed by atoms with Crippen LogP contribution in [0.15, 0.2) is 41.4 Å². The molecule has 1 atom stereocenters. The van der Waals surface area contributed by atoms with Crippen molar-refractivity contribution in [2.24, 2.45) is 10.7 Å². The normalized spacial score (nSPS) is 13.6. The number of aryl methyl sites for hydroxylation is 1. The number of nitrogens with one attached hydrogen (secondary N) is 3. The molecule has 2 aromatic rings. The van der Waals surface area contributed by atoms with Crippen molar-refractivity contribution in [2.75, 3.05) is 76.6 Å². The third-order valence-corrected chi connectivity index (χ3v) is 7.81. The number of benzene rings is 2. The molecule has 16 nitrogen and oxygen atoms in total. The lowest BCUT2D eigenvalue weighted by atomic mass is 9.98. The number of aliphatic imine (C=N–C) groups is 1. The third kappa shape index (κ3) is 14.2. The van der Waals surface area contributed by atoms with Crippen molar-refractivity contribution in [1.82, 2.24) is 10.6 Å². The number of guanidine groups is 1. The molecule has 0 radical (unpaired) electrons. The Bertz CT molecular complexity index is 1490. The van der Waals surface area contributed by atoms with Gasteiger partial charge in [0, 0.05) is 69.1 Å². The number of hydrogen-bond acceptors (Lipinski definition) is 12. The summed E-state index contributed by atoms with van der Waals surface area (Å²) in [5, 5.41) is 20.6. The lowest BCUT2D eigenvalue weighted by molar-refractivity contribution is -0.384. The number of carbonyl (C=O) groups is 3. The first-order valence-corrected chi connectivity index (χ1v) is 17.2. The predicted molar refractivity (Wildman–Crippen MR) is 193 cm³/mol. The van der Waals surface area contributed by atoms with Crippen molar-refractivity contribution in [3.8, 4) is 5.75 Å². The molecule has 5 N–H and O–H groups in total. The maximum Gasteiger partial charge on any atom is 0.269 e. The van der Waals surface area contributed by atoms with Crippen LogP contribution in [0.4, 0.5) is 17.1 Å². The highest BCUT2D eigenvalue weighted by Gasteiger charge is 2.31. The molecule has 0 aliphatic carbocycles. The Kier molecular flexibility index (Phi) is 17.6. The molecule has 0 fully saturated rings. The molecule has 1 unspecified atom stereocenters. The summed E-state index contributed by atoms with van der Waals surface area (Å²) in [6.45, 7) is 7.44. The molecular formula is C35H51N7O9. The number of carbonyl (C=O) groups excluding carboxylic acids is 3. The summed E-state index contributed by atoms with van der Waals surface area (Å²) >= 11 is 0. The second-order valence-electron chi connectivity index (χ2n) is 11.9. The van der Waals surface area contributed by atoms with Crippen molar-refractivity contribution in [3.63, 3.8) is 0 Å². The number of nitrogens with zero attached hydrogens (tertiary/aromatic N) is 3. The second-order valence-corrected chi connectivity index (χ2v) is 11.9. The summed E-state index contributed by atoms with van der Waals surface area (Å²) < 4.78 is 22.4. The van der Waals surface area contributed by atoms with Crippen LogP contribution < -0.4 is 31.3 Å². The minimum absolute atomic E-state index is 0.00323. The smallest absolute Gasteiger partial charge is 0.269 e. The molecular weight excluding hydrogens is 662 g/mol. The Balaban J connectivity index is 1.63. The number of nitro groups is 1. The molecule has 51 heavy (non-hydrogen) atoms. The number of primary amides is 1. The van der Waals surface area contributed by atoms with Gasteiger partial charge in [-0.1, -0.05) is 19.4 Å². The fourth-order valence-electron chi connectivity index (χ4n) is 5.18. The fraction of sp³-hybridized carbons (Fsp3) is 0.543. The first-order chi connectivity index (χ1) is 24.6. The Morgan fingerprint density at radius 1 is 0.922 bits per heavy atom. The topological polar surface area (TPSA) is 209 Å². The van der Waals surface area contributed by atoms with E-state index in [1.165, 1.54) is 12.1 Å². The van der Waals surface area contributed by atoms with Crippen molar-refractivity contribution >= 4 is 40.7 Å². The molecule has 1 aliphatic rings. The Morgan fingerprint density at radius 2 is 1.61 bits per heavy atom. The van der Waals surface area contributed by atoms with Gasteiger partial charge in [-0.25, -0.2) is 4.99 Å². The average molecular weight is 714 g/mol. The Morgan fingerprint density at radius 3 is 2.27 bits per heavy atom. The van der Waals surface area contributed by atoms with Crippen molar-refractivity contribution in [1.29, 1.82) is 0 Å². The Hall–Kier alpha value is -4.80. The Labute approximate surface area is 298 Å². The molecule has 0 spiro atoms. The van der Waals surface area contributed by atoms with Gasteiger partial charge in [0.05, 0.1) is 56.6 Å². The highest BCUT2D eigenvalue weighted by molar-refractivity contribution is 6.08. The zero-order chi connectivity index (χ0) is 37.0. The number of nitro benzene ring substituents is 1. The van der Waals surface area contributed by atoms with Crippen LogP contribution in [0.25, 0.3) is 0 Å². The monoisotopic (exact) mass is 713 g/mol. The molecule has 280 valence electrons. The number of nitrogens with two attached hydrogens (primary N) is 1. The minimum Gasteiger partial charge on any atom is -0.495 e. The molecule has 0 saturated carbocycles. The van der Waals surface area contributed by atoms with Crippen LogP contribution in [0.1, 0.15) is 62.6 Å². The first-order valence-electron chi connectivity index (χ1n) is 17.2. The largest absolute Gasteiger partial charge is 0.495 e. The number of amides is 3. The standard InChI is InChI=1S/C35H51N7O9/c1-4-5-16-49-17-6-15-41-30-9-8-26(42(46)47)23-27(30)28(39-35(41)40-29-22-25(2)7-10-31(29)48-3)24-34(45)38-14-19-51-21-20-50-18-13-37-33(44)12-11-32(36)43/h7-10,22-23,28H,4-6,11-21,24H2,1-3H3,(H2,36,43)(H,37,44)(H,38,45)(H,39,40). The summed E-state index contributed by atoms with van der Waals surface area (Å²) in [5.41, 5.74) is 7.93. The van der Waals surface area contributed by atoms with E-state index in [0.717, 1.165) is 18.4 Å². The summed E-state index contributed by atoms with van der Waals surface area (Å²) in [6.07, 6.45) is 2.69. The van der Waals surface area contributed by atoms with Crippen molar-refractivity contribution < 1.29 is 38.3 Å². The molecule has 1 heterocycles. The minimum atomic E-state index is -0.708. The predicted octanol–water partition coefficient (Wildman–Crippen LogP) is 3.37. The van der Waals surface area contributed by atoms with Gasteiger partial charge < -0.3 is 45.5 Å². The van der Waals surface area contributed by atoms with Crippen LogP contribution in [0.2, 0.25) is 0 Å². The van der Waals surface area contributed by atoms with Gasteiger partial charge in [0.25, 0.3) is 5.69 Å². The van der Waals surface area contributed by atoms with Crippen molar-refractivity contribution in [2.45, 2.75) is 58.4 Å². The van der Waals surface area contributed by atoms with E-state index in [9.17, 15) is 24.5 Å². The summed E-state index contributed by atoms with van der Waals surface area (Å²) in [5.74, 6) is 0.00423. The van der Waals surface area contributed by atoms with E-state index in [1.807, 2.05) is 30.0 Å². The summed E-state index contributed by atoms with van der Waals surface area (Å²) in [6, 6.07) is 9.69. The van der Waals surface area contributed by atoms with Crippen LogP contribution in [-0.2, 0) is 28.6 Å². The number of ether oxygens (including phenoxy) is 4. The van der Waals surface area contributed by atoms with Gasteiger partial charge in [0.15, 0.2) is 0 Å². The number of anilines is 2. The number of unbranched alkanes of at least 4 members (excludes halogenated alkanes) is 1. The molecule has 16 heteroatoms. The lowest BCUT2D eigenvalue weighted by Crippen LogP contribution is -2.42. The lowest BCUT2D eigenvalue weighted by Gasteiger charge is -2.35. The second kappa shape index (κ2) is 22.1. The summed E-state index contributed by atoms with van der Waals surface area (Å²) in [4.78, 5) is 53.7. The van der Waals surface area contributed by atoms with E-state index in [1.54, 1.807) is 13.2 Å². The summed E-state index contributed by atoms with van der Waals surface area (Å²) in [7, 11) is 1.59. The van der Waals surface area contributed by atoms with Crippen LogP contribution in [0, 0.1) is 17.0 Å². The van der Waals surface area contributed by atoms with E-state index in [4.69, 9.17) is 29.7 Å². The number of hydrogen-bond donors (Lipinski definition) is 4. The zero-order valence-electron chi connectivity index (χ0n) is 29.7. The third-order valence-electron chi connectivity index (χ3n) is 7.81. The van der Waals surface area contributed by atoms with Gasteiger partial charge in [0.1, 0.15) is 5.75 Å². The number of methoxy groups -OCH3 is 1. The highest BCUT2D eigenvalue weighted by Crippen LogP contribution is 2.39. The molecule has 0 bridgehead atoms. The van der Waals surface area contributed by atoms with Gasteiger partial charge in [-0.15, -0.1) is 0 Å². The first kappa shape index (κ1) is 40.6. The highest BCUT2D eigenvalue weighted by atomic mass is 16.6. The van der Waals surface area contributed by atoms with Crippen LogP contribution >= 0.6 is 0 Å². The van der Waals surface area contributed by atoms with E-state index in [-0.39, 0.29) is 63.1 Å². The fourth-order valence-corrected chi connectivity index (χ4v) is 5.18. The SMILES string of the molecule is CCCCOCCCN1C(Nc2cc(C)ccc2OC)=NC(CC(=O)NCCOCCOCCNC(=O)CCC(N)=O)c2cc([N+](=O)[O-])ccc21. The molecule has 0 aromatic heterocycles. The van der Waals surface area contributed by atoms with Gasteiger partial charge in [-0.3, -0.25) is 24.5 Å². The maximum absolute atomic E-state index is 13.1. The van der Waals surface area contributed by atoms with Gasteiger partial charge in [-0.2, -0.15) is 0 Å².